The zero-order chi connectivity index (χ0) is 23.1. The summed E-state index contributed by atoms with van der Waals surface area (Å²) in [6.45, 7) is 0. The lowest BCUT2D eigenvalue weighted by Gasteiger charge is -2.12. The molecule has 3 aromatic rings. The van der Waals surface area contributed by atoms with Crippen LogP contribution in [0.1, 0.15) is 15.9 Å². The first-order chi connectivity index (χ1) is 15.5. The fourth-order valence-corrected chi connectivity index (χ4v) is 3.31. The van der Waals surface area contributed by atoms with Gasteiger partial charge in [-0.25, -0.2) is 0 Å². The van der Waals surface area contributed by atoms with Crippen LogP contribution in [0, 0.1) is 0 Å². The van der Waals surface area contributed by atoms with Gasteiger partial charge in [-0.1, -0.05) is 36.4 Å². The van der Waals surface area contributed by atoms with Crippen molar-refractivity contribution in [3.8, 4) is 39.9 Å². The number of carbonyl (C=O) groups excluding carboxylic acids is 1. The highest BCUT2D eigenvalue weighted by Gasteiger charge is 2.12. The second-order valence-corrected chi connectivity index (χ2v) is 6.80. The van der Waals surface area contributed by atoms with Crippen LogP contribution in [0.3, 0.4) is 0 Å². The molecule has 0 aliphatic rings. The molecular formula is C26H26O6. The Bertz CT molecular complexity index is 1090. The molecule has 0 saturated heterocycles. The van der Waals surface area contributed by atoms with E-state index in [1.165, 1.54) is 6.08 Å². The van der Waals surface area contributed by atoms with Crippen molar-refractivity contribution in [2.45, 2.75) is 0 Å². The topological polar surface area (TPSA) is 63.2 Å². The average molecular weight is 434 g/mol. The van der Waals surface area contributed by atoms with Gasteiger partial charge in [-0.15, -0.1) is 0 Å². The van der Waals surface area contributed by atoms with E-state index < -0.39 is 0 Å². The fraction of sp³-hybridized carbons (Fsp3) is 0.192. The molecule has 32 heavy (non-hydrogen) atoms. The maximum Gasteiger partial charge on any atom is 0.203 e. The van der Waals surface area contributed by atoms with E-state index in [1.54, 1.807) is 65.9 Å². The van der Waals surface area contributed by atoms with E-state index in [2.05, 4.69) is 0 Å². The van der Waals surface area contributed by atoms with E-state index in [0.717, 1.165) is 16.7 Å². The van der Waals surface area contributed by atoms with E-state index in [1.807, 2.05) is 30.3 Å². The van der Waals surface area contributed by atoms with Gasteiger partial charge in [0, 0.05) is 5.56 Å². The van der Waals surface area contributed by atoms with Gasteiger partial charge in [0.1, 0.15) is 0 Å². The van der Waals surface area contributed by atoms with Crippen molar-refractivity contribution >= 4 is 11.9 Å². The first-order valence-electron chi connectivity index (χ1n) is 9.89. The first-order valence-corrected chi connectivity index (χ1v) is 9.89. The molecule has 0 amide bonds. The molecule has 0 aliphatic heterocycles. The average Bonchev–Trinajstić information content (AvgIpc) is 2.85. The van der Waals surface area contributed by atoms with Gasteiger partial charge in [-0.05, 0) is 47.0 Å². The third-order valence-electron chi connectivity index (χ3n) is 5.00. The quantitative estimate of drug-likeness (QED) is 0.337. The Morgan fingerprint density at radius 2 is 1.19 bits per heavy atom. The van der Waals surface area contributed by atoms with Crippen molar-refractivity contribution < 1.29 is 28.5 Å². The predicted octanol–water partition coefficient (Wildman–Crippen LogP) is 5.29. The van der Waals surface area contributed by atoms with Gasteiger partial charge in [0.15, 0.2) is 28.8 Å². The molecule has 0 heterocycles. The van der Waals surface area contributed by atoms with Crippen molar-refractivity contribution in [2.24, 2.45) is 0 Å². The van der Waals surface area contributed by atoms with Crippen LogP contribution in [-0.2, 0) is 0 Å². The molecule has 0 fully saturated rings. The zero-order valence-electron chi connectivity index (χ0n) is 18.8. The molecule has 0 unspecified atom stereocenters. The van der Waals surface area contributed by atoms with Gasteiger partial charge >= 0.3 is 0 Å². The van der Waals surface area contributed by atoms with Crippen molar-refractivity contribution in [1.29, 1.82) is 0 Å². The summed E-state index contributed by atoms with van der Waals surface area (Å²) in [6.07, 6.45) is 3.24. The highest BCUT2D eigenvalue weighted by Crippen LogP contribution is 2.38. The molecule has 0 N–H and O–H groups in total. The van der Waals surface area contributed by atoms with Crippen molar-refractivity contribution in [2.75, 3.05) is 35.5 Å². The first kappa shape index (κ1) is 22.7. The van der Waals surface area contributed by atoms with Gasteiger partial charge in [-0.2, -0.15) is 0 Å². The Morgan fingerprint density at radius 1 is 0.625 bits per heavy atom. The number of rotatable bonds is 9. The Balaban J connectivity index is 1.80. The van der Waals surface area contributed by atoms with E-state index in [9.17, 15) is 4.79 Å². The highest BCUT2D eigenvalue weighted by molar-refractivity contribution is 6.07. The van der Waals surface area contributed by atoms with Crippen LogP contribution in [0.4, 0.5) is 0 Å². The van der Waals surface area contributed by atoms with E-state index in [-0.39, 0.29) is 5.78 Å². The molecular weight excluding hydrogens is 408 g/mol. The lowest BCUT2D eigenvalue weighted by molar-refractivity contribution is 0.104. The van der Waals surface area contributed by atoms with E-state index >= 15 is 0 Å². The molecule has 3 rings (SSSR count). The number of hydrogen-bond acceptors (Lipinski definition) is 6. The molecule has 0 aliphatic carbocycles. The second-order valence-electron chi connectivity index (χ2n) is 6.80. The minimum atomic E-state index is -0.113. The number of carbonyl (C=O) groups is 1. The van der Waals surface area contributed by atoms with Gasteiger partial charge in [0.25, 0.3) is 0 Å². The summed E-state index contributed by atoms with van der Waals surface area (Å²) in [6, 6.07) is 16.7. The van der Waals surface area contributed by atoms with Gasteiger partial charge in [0.2, 0.25) is 5.75 Å². The predicted molar refractivity (Wildman–Crippen MR) is 124 cm³/mol. The summed E-state index contributed by atoms with van der Waals surface area (Å²) >= 11 is 0. The summed E-state index contributed by atoms with van der Waals surface area (Å²) in [5, 5.41) is 0. The largest absolute Gasteiger partial charge is 0.493 e. The summed E-state index contributed by atoms with van der Waals surface area (Å²) < 4.78 is 26.7. The third-order valence-corrected chi connectivity index (χ3v) is 5.00. The molecule has 0 radical (unpaired) electrons. The molecule has 0 atom stereocenters. The molecule has 0 aromatic heterocycles. The summed E-state index contributed by atoms with van der Waals surface area (Å²) in [5.74, 6) is 2.76. The molecule has 0 spiro atoms. The van der Waals surface area contributed by atoms with Crippen LogP contribution in [0.15, 0.2) is 60.7 Å². The molecule has 0 bridgehead atoms. The van der Waals surface area contributed by atoms with Crippen LogP contribution in [0.5, 0.6) is 28.7 Å². The van der Waals surface area contributed by atoms with Crippen molar-refractivity contribution in [3.63, 3.8) is 0 Å². The maximum absolute atomic E-state index is 12.7. The van der Waals surface area contributed by atoms with Crippen molar-refractivity contribution in [1.82, 2.24) is 0 Å². The number of hydrogen-bond donors (Lipinski definition) is 0. The summed E-state index contributed by atoms with van der Waals surface area (Å²) in [5.41, 5.74) is 3.28. The van der Waals surface area contributed by atoms with Crippen LogP contribution >= 0.6 is 0 Å². The van der Waals surface area contributed by atoms with Gasteiger partial charge < -0.3 is 23.7 Å². The molecule has 3 aromatic carbocycles. The number of ketones is 1. The molecule has 0 saturated carbocycles. The molecule has 6 heteroatoms. The Morgan fingerprint density at radius 3 is 1.72 bits per heavy atom. The normalized spacial score (nSPS) is 10.7. The summed E-state index contributed by atoms with van der Waals surface area (Å²) in [7, 11) is 7.85. The SMILES string of the molecule is COc1ccc(-c2ccc(C(=O)/C=C/c3cc(OC)c(OC)c(OC)c3)cc2)cc1OC. The Kier molecular flexibility index (Phi) is 7.39. The highest BCUT2D eigenvalue weighted by atomic mass is 16.5. The number of methoxy groups -OCH3 is 5. The maximum atomic E-state index is 12.7. The lowest BCUT2D eigenvalue weighted by Crippen LogP contribution is -1.96. The van der Waals surface area contributed by atoms with Gasteiger partial charge in [0.05, 0.1) is 35.5 Å². The Labute approximate surface area is 188 Å². The van der Waals surface area contributed by atoms with Crippen LogP contribution in [0.2, 0.25) is 0 Å². The van der Waals surface area contributed by atoms with Crippen LogP contribution < -0.4 is 23.7 Å². The number of benzene rings is 3. The van der Waals surface area contributed by atoms with Crippen molar-refractivity contribution in [3.05, 3.63) is 71.8 Å². The minimum absolute atomic E-state index is 0.113. The number of ether oxygens (including phenoxy) is 5. The zero-order valence-corrected chi connectivity index (χ0v) is 18.8. The monoisotopic (exact) mass is 434 g/mol. The minimum Gasteiger partial charge on any atom is -0.493 e. The van der Waals surface area contributed by atoms with E-state index in [0.29, 0.717) is 34.3 Å². The fourth-order valence-electron chi connectivity index (χ4n) is 3.31. The Hall–Kier alpha value is -3.93. The molecule has 6 nitrogen and oxygen atoms in total. The smallest absolute Gasteiger partial charge is 0.203 e. The third kappa shape index (κ3) is 4.86. The second kappa shape index (κ2) is 10.4. The van der Waals surface area contributed by atoms with Crippen LogP contribution in [-0.4, -0.2) is 41.3 Å². The summed E-state index contributed by atoms with van der Waals surface area (Å²) in [4.78, 5) is 12.7. The standard InChI is InChI=1S/C26H26O6/c1-28-22-13-11-20(16-23(22)29-2)18-7-9-19(10-8-18)21(27)12-6-17-14-24(30-3)26(32-5)25(15-17)31-4/h6-16H,1-5H3/b12-6+. The van der Waals surface area contributed by atoms with E-state index in [4.69, 9.17) is 23.7 Å². The number of allylic oxidation sites excluding steroid dienone is 1. The lowest BCUT2D eigenvalue weighted by atomic mass is 10.0. The van der Waals surface area contributed by atoms with Crippen LogP contribution in [0.25, 0.3) is 17.2 Å². The molecule has 166 valence electrons. The van der Waals surface area contributed by atoms with Gasteiger partial charge in [-0.3, -0.25) is 4.79 Å².